The van der Waals surface area contributed by atoms with Gasteiger partial charge in [0, 0.05) is 0 Å². The highest BCUT2D eigenvalue weighted by molar-refractivity contribution is 5.76. The molecule has 1 aliphatic carbocycles. The minimum absolute atomic E-state index is 0.130. The van der Waals surface area contributed by atoms with Crippen molar-refractivity contribution in [3.8, 4) is 0 Å². The van der Waals surface area contributed by atoms with Gasteiger partial charge in [0.2, 0.25) is 0 Å². The smallest absolute Gasteiger partial charge is 0.313 e. The highest BCUT2D eigenvalue weighted by Crippen LogP contribution is 2.49. The molecule has 0 aromatic heterocycles. The van der Waals surface area contributed by atoms with Crippen molar-refractivity contribution in [3.63, 3.8) is 0 Å². The summed E-state index contributed by atoms with van der Waals surface area (Å²) in [5.74, 6) is -0.786. The molecule has 4 heteroatoms. The third-order valence-corrected chi connectivity index (χ3v) is 3.63. The van der Waals surface area contributed by atoms with E-state index in [9.17, 15) is 9.90 Å². The zero-order valence-corrected chi connectivity index (χ0v) is 8.81. The van der Waals surface area contributed by atoms with Crippen molar-refractivity contribution in [1.29, 1.82) is 0 Å². The van der Waals surface area contributed by atoms with E-state index < -0.39 is 11.4 Å². The maximum absolute atomic E-state index is 11.4. The van der Waals surface area contributed by atoms with E-state index in [1.165, 1.54) is 6.26 Å². The molecule has 4 unspecified atom stereocenters. The van der Waals surface area contributed by atoms with Crippen molar-refractivity contribution in [2.45, 2.75) is 44.5 Å². The van der Waals surface area contributed by atoms with Crippen LogP contribution in [0, 0.1) is 5.41 Å². The molecule has 15 heavy (non-hydrogen) atoms. The first kappa shape index (κ1) is 10.5. The molecule has 84 valence electrons. The van der Waals surface area contributed by atoms with Crippen molar-refractivity contribution in [2.24, 2.45) is 5.41 Å². The molecular formula is C11H16O4. The summed E-state index contributed by atoms with van der Waals surface area (Å²) in [6.45, 7) is 5.26. The van der Waals surface area contributed by atoms with E-state index in [1.54, 1.807) is 6.92 Å². The first-order valence-electron chi connectivity index (χ1n) is 5.25. The molecule has 0 amide bonds. The van der Waals surface area contributed by atoms with Crippen LogP contribution in [-0.2, 0) is 14.3 Å². The number of carbonyl (C=O) groups is 1. The lowest BCUT2D eigenvalue weighted by molar-refractivity contribution is -0.158. The van der Waals surface area contributed by atoms with Gasteiger partial charge >= 0.3 is 5.97 Å². The highest BCUT2D eigenvalue weighted by atomic mass is 16.6. The van der Waals surface area contributed by atoms with Gasteiger partial charge in [0.05, 0.1) is 18.5 Å². The third kappa shape index (κ3) is 1.63. The van der Waals surface area contributed by atoms with Crippen molar-refractivity contribution in [2.75, 3.05) is 0 Å². The Morgan fingerprint density at radius 3 is 3.00 bits per heavy atom. The summed E-state index contributed by atoms with van der Waals surface area (Å²) in [5, 5.41) is 9.35. The van der Waals surface area contributed by atoms with Gasteiger partial charge in [0.1, 0.15) is 11.5 Å². The molecule has 0 aromatic carbocycles. The molecule has 2 aliphatic rings. The highest BCUT2D eigenvalue weighted by Gasteiger charge is 2.57. The van der Waals surface area contributed by atoms with Gasteiger partial charge in [0.15, 0.2) is 0 Å². The molecule has 1 heterocycles. The van der Waals surface area contributed by atoms with E-state index in [-0.39, 0.29) is 12.2 Å². The lowest BCUT2D eigenvalue weighted by Gasteiger charge is -2.35. The summed E-state index contributed by atoms with van der Waals surface area (Å²) < 4.78 is 10.6. The summed E-state index contributed by atoms with van der Waals surface area (Å²) in [5.41, 5.74) is -0.800. The molecule has 0 spiro atoms. The monoisotopic (exact) mass is 212 g/mol. The Balaban J connectivity index is 2.15. The van der Waals surface area contributed by atoms with E-state index in [2.05, 4.69) is 6.58 Å². The summed E-state index contributed by atoms with van der Waals surface area (Å²) >= 11 is 0. The van der Waals surface area contributed by atoms with Crippen LogP contribution in [0.5, 0.6) is 0 Å². The average molecular weight is 212 g/mol. The van der Waals surface area contributed by atoms with Crippen LogP contribution in [0.4, 0.5) is 0 Å². The molecule has 0 aromatic rings. The Labute approximate surface area is 88.9 Å². The number of aliphatic carboxylic acids is 1. The molecule has 0 radical (unpaired) electrons. The van der Waals surface area contributed by atoms with Crippen molar-refractivity contribution < 1.29 is 19.4 Å². The van der Waals surface area contributed by atoms with Crippen LogP contribution in [0.15, 0.2) is 12.8 Å². The number of rotatable bonds is 4. The minimum Gasteiger partial charge on any atom is -0.498 e. The number of ether oxygens (including phenoxy) is 2. The standard InChI is InChI=1S/C11H16O4/c1-3-14-7(2)11(10(12)13)5-4-8-9(6-11)15-8/h3,7-9H,1,4-6H2,2H3,(H,12,13). The maximum Gasteiger partial charge on any atom is 0.313 e. The summed E-state index contributed by atoms with van der Waals surface area (Å²) in [4.78, 5) is 11.4. The summed E-state index contributed by atoms with van der Waals surface area (Å²) in [7, 11) is 0. The Bertz CT molecular complexity index is 288. The number of carboxylic acids is 1. The fourth-order valence-electron chi connectivity index (χ4n) is 2.49. The largest absolute Gasteiger partial charge is 0.498 e. The quantitative estimate of drug-likeness (QED) is 0.567. The lowest BCUT2D eigenvalue weighted by Crippen LogP contribution is -2.45. The van der Waals surface area contributed by atoms with Gasteiger partial charge in [-0.05, 0) is 26.2 Å². The number of epoxide rings is 1. The van der Waals surface area contributed by atoms with Gasteiger partial charge in [0.25, 0.3) is 0 Å². The van der Waals surface area contributed by atoms with Crippen LogP contribution in [0.3, 0.4) is 0 Å². The second-order valence-electron chi connectivity index (χ2n) is 4.36. The fraction of sp³-hybridized carbons (Fsp3) is 0.727. The van der Waals surface area contributed by atoms with Crippen LogP contribution in [-0.4, -0.2) is 29.4 Å². The first-order valence-corrected chi connectivity index (χ1v) is 5.25. The second kappa shape index (κ2) is 3.52. The molecule has 1 N–H and O–H groups in total. The third-order valence-electron chi connectivity index (χ3n) is 3.63. The summed E-state index contributed by atoms with van der Waals surface area (Å²) in [6.07, 6.45) is 3.40. The Kier molecular flexibility index (Phi) is 2.46. The minimum atomic E-state index is -0.800. The molecule has 4 nitrogen and oxygen atoms in total. The zero-order chi connectivity index (χ0) is 11.1. The fourth-order valence-corrected chi connectivity index (χ4v) is 2.49. The number of fused-ring (bicyclic) bond motifs is 1. The predicted molar refractivity (Wildman–Crippen MR) is 53.3 cm³/mol. The van der Waals surface area contributed by atoms with Gasteiger partial charge in [-0.1, -0.05) is 6.58 Å². The van der Waals surface area contributed by atoms with Gasteiger partial charge in [-0.3, -0.25) is 4.79 Å². The predicted octanol–water partition coefficient (Wildman–Crippen LogP) is 1.56. The Morgan fingerprint density at radius 2 is 2.47 bits per heavy atom. The van der Waals surface area contributed by atoms with Crippen LogP contribution >= 0.6 is 0 Å². The van der Waals surface area contributed by atoms with E-state index in [0.717, 1.165) is 6.42 Å². The van der Waals surface area contributed by atoms with Crippen LogP contribution in [0.1, 0.15) is 26.2 Å². The molecule has 2 fully saturated rings. The van der Waals surface area contributed by atoms with Gasteiger partial charge in [-0.2, -0.15) is 0 Å². The maximum atomic E-state index is 11.4. The Morgan fingerprint density at radius 1 is 1.73 bits per heavy atom. The molecule has 4 atom stereocenters. The second-order valence-corrected chi connectivity index (χ2v) is 4.36. The molecule has 1 saturated heterocycles. The van der Waals surface area contributed by atoms with Crippen LogP contribution in [0.2, 0.25) is 0 Å². The zero-order valence-electron chi connectivity index (χ0n) is 8.81. The van der Waals surface area contributed by atoms with E-state index in [4.69, 9.17) is 9.47 Å². The van der Waals surface area contributed by atoms with Gasteiger partial charge < -0.3 is 14.6 Å². The van der Waals surface area contributed by atoms with Gasteiger partial charge in [-0.25, -0.2) is 0 Å². The lowest BCUT2D eigenvalue weighted by atomic mass is 9.70. The average Bonchev–Trinajstić information content (AvgIpc) is 2.94. The van der Waals surface area contributed by atoms with Crippen LogP contribution in [0.25, 0.3) is 0 Å². The van der Waals surface area contributed by atoms with Crippen molar-refractivity contribution in [1.82, 2.24) is 0 Å². The molecular weight excluding hydrogens is 196 g/mol. The van der Waals surface area contributed by atoms with Gasteiger partial charge in [-0.15, -0.1) is 0 Å². The molecule has 1 saturated carbocycles. The van der Waals surface area contributed by atoms with E-state index in [0.29, 0.717) is 18.9 Å². The van der Waals surface area contributed by atoms with Crippen molar-refractivity contribution >= 4 is 5.97 Å². The van der Waals surface area contributed by atoms with E-state index >= 15 is 0 Å². The Hall–Kier alpha value is -1.03. The normalized spacial score (nSPS) is 40.1. The number of hydrogen-bond acceptors (Lipinski definition) is 3. The number of hydrogen-bond donors (Lipinski definition) is 1. The summed E-state index contributed by atoms with van der Waals surface area (Å²) in [6, 6.07) is 0. The molecule has 1 aliphatic heterocycles. The number of carboxylic acid groups (broad SMARTS) is 1. The topological polar surface area (TPSA) is 59.1 Å². The first-order chi connectivity index (χ1) is 7.10. The SMILES string of the molecule is C=COC(C)C1(C(=O)O)CCC2OC2C1. The van der Waals surface area contributed by atoms with Crippen LogP contribution < -0.4 is 0 Å². The molecule has 2 rings (SSSR count). The van der Waals surface area contributed by atoms with Crippen molar-refractivity contribution in [3.05, 3.63) is 12.8 Å². The van der Waals surface area contributed by atoms with E-state index in [1.807, 2.05) is 0 Å². The molecule has 0 bridgehead atoms.